The first-order valence-corrected chi connectivity index (χ1v) is 6.34. The molecule has 1 amide bonds. The summed E-state index contributed by atoms with van der Waals surface area (Å²) in [5, 5.41) is 3.31. The molecule has 5 heteroatoms. The number of halogens is 1. The maximum atomic E-state index is 12.3. The van der Waals surface area contributed by atoms with Gasteiger partial charge in [-0.15, -0.1) is 12.4 Å². The predicted octanol–water partition coefficient (Wildman–Crippen LogP) is 1.94. The minimum Gasteiger partial charge on any atom is -0.497 e. The van der Waals surface area contributed by atoms with E-state index < -0.39 is 0 Å². The van der Waals surface area contributed by atoms with Gasteiger partial charge >= 0.3 is 0 Å². The standard InChI is InChI=1S/C14H20N2O2.ClH/c1-16(12-7-9-15-10-8-12)14(17)11-3-5-13(18-2)6-4-11;/h3-6,12,15H,7-10H2,1-2H3;1H. The average molecular weight is 285 g/mol. The number of amides is 1. The van der Waals surface area contributed by atoms with Crippen molar-refractivity contribution in [3.05, 3.63) is 29.8 Å². The van der Waals surface area contributed by atoms with Gasteiger partial charge in [-0.2, -0.15) is 0 Å². The zero-order valence-corrected chi connectivity index (χ0v) is 12.2. The van der Waals surface area contributed by atoms with E-state index in [1.807, 2.05) is 36.2 Å². The summed E-state index contributed by atoms with van der Waals surface area (Å²) in [6.07, 6.45) is 2.05. The molecule has 1 saturated heterocycles. The Kier molecular flexibility index (Phi) is 6.12. The molecule has 0 radical (unpaired) electrons. The normalized spacial score (nSPS) is 15.5. The molecule has 0 aromatic heterocycles. The molecule has 1 N–H and O–H groups in total. The number of hydrogen-bond donors (Lipinski definition) is 1. The highest BCUT2D eigenvalue weighted by Crippen LogP contribution is 2.16. The minimum absolute atomic E-state index is 0. The van der Waals surface area contributed by atoms with Crippen molar-refractivity contribution in [2.45, 2.75) is 18.9 Å². The van der Waals surface area contributed by atoms with Crippen LogP contribution >= 0.6 is 12.4 Å². The quantitative estimate of drug-likeness (QED) is 0.922. The Bertz CT molecular complexity index is 402. The van der Waals surface area contributed by atoms with Crippen molar-refractivity contribution in [3.8, 4) is 5.75 Å². The van der Waals surface area contributed by atoms with Gasteiger partial charge in [0.15, 0.2) is 0 Å². The first kappa shape index (κ1) is 15.8. The number of carbonyl (C=O) groups excluding carboxylic acids is 1. The van der Waals surface area contributed by atoms with E-state index in [0.29, 0.717) is 6.04 Å². The summed E-state index contributed by atoms with van der Waals surface area (Å²) in [6.45, 7) is 1.98. The van der Waals surface area contributed by atoms with E-state index >= 15 is 0 Å². The average Bonchev–Trinajstić information content (AvgIpc) is 2.47. The fourth-order valence-corrected chi connectivity index (χ4v) is 2.30. The Hall–Kier alpha value is -1.26. The van der Waals surface area contributed by atoms with Crippen LogP contribution in [-0.2, 0) is 0 Å². The van der Waals surface area contributed by atoms with Crippen LogP contribution in [0.4, 0.5) is 0 Å². The van der Waals surface area contributed by atoms with Gasteiger partial charge in [0.2, 0.25) is 0 Å². The molecule has 1 aromatic rings. The third-order valence-electron chi connectivity index (χ3n) is 3.51. The van der Waals surface area contributed by atoms with Crippen molar-refractivity contribution in [3.63, 3.8) is 0 Å². The van der Waals surface area contributed by atoms with Crippen LogP contribution in [0.15, 0.2) is 24.3 Å². The monoisotopic (exact) mass is 284 g/mol. The predicted molar refractivity (Wildman–Crippen MR) is 78.2 cm³/mol. The van der Waals surface area contributed by atoms with Crippen LogP contribution in [0.5, 0.6) is 5.75 Å². The molecular weight excluding hydrogens is 264 g/mol. The molecule has 1 heterocycles. The molecule has 0 bridgehead atoms. The highest BCUT2D eigenvalue weighted by molar-refractivity contribution is 5.94. The van der Waals surface area contributed by atoms with E-state index in [-0.39, 0.29) is 18.3 Å². The Morgan fingerprint density at radius 3 is 2.37 bits per heavy atom. The fourth-order valence-electron chi connectivity index (χ4n) is 2.30. The minimum atomic E-state index is 0. The molecule has 0 saturated carbocycles. The number of carbonyl (C=O) groups is 1. The molecule has 1 aromatic carbocycles. The summed E-state index contributed by atoms with van der Waals surface area (Å²) < 4.78 is 5.09. The molecule has 0 unspecified atom stereocenters. The van der Waals surface area contributed by atoms with Crippen LogP contribution in [0, 0.1) is 0 Å². The van der Waals surface area contributed by atoms with E-state index in [2.05, 4.69) is 5.32 Å². The largest absolute Gasteiger partial charge is 0.497 e. The molecule has 19 heavy (non-hydrogen) atoms. The van der Waals surface area contributed by atoms with Gasteiger partial charge in [-0.3, -0.25) is 4.79 Å². The van der Waals surface area contributed by atoms with Crippen molar-refractivity contribution in [1.29, 1.82) is 0 Å². The number of nitrogens with zero attached hydrogens (tertiary/aromatic N) is 1. The molecule has 2 rings (SSSR count). The molecule has 1 fully saturated rings. The van der Waals surface area contributed by atoms with E-state index in [1.165, 1.54) is 0 Å². The topological polar surface area (TPSA) is 41.6 Å². The molecule has 106 valence electrons. The van der Waals surface area contributed by atoms with Crippen molar-refractivity contribution in [1.82, 2.24) is 10.2 Å². The number of piperidine rings is 1. The molecule has 4 nitrogen and oxygen atoms in total. The second-order valence-corrected chi connectivity index (χ2v) is 4.63. The van der Waals surface area contributed by atoms with Gasteiger partial charge < -0.3 is 15.0 Å². The lowest BCUT2D eigenvalue weighted by molar-refractivity contribution is 0.0703. The summed E-state index contributed by atoms with van der Waals surface area (Å²) >= 11 is 0. The number of rotatable bonds is 3. The van der Waals surface area contributed by atoms with Gasteiger partial charge in [-0.1, -0.05) is 0 Å². The molecular formula is C14H21ClN2O2. The second-order valence-electron chi connectivity index (χ2n) is 4.63. The molecule has 0 aliphatic carbocycles. The van der Waals surface area contributed by atoms with Gasteiger partial charge in [0.25, 0.3) is 5.91 Å². The zero-order valence-electron chi connectivity index (χ0n) is 11.4. The summed E-state index contributed by atoms with van der Waals surface area (Å²) in [6, 6.07) is 7.63. The first-order valence-electron chi connectivity index (χ1n) is 6.34. The lowest BCUT2D eigenvalue weighted by atomic mass is 10.0. The molecule has 1 aliphatic heterocycles. The number of benzene rings is 1. The summed E-state index contributed by atoms with van der Waals surface area (Å²) in [4.78, 5) is 14.2. The Balaban J connectivity index is 0.00000180. The van der Waals surface area contributed by atoms with Crippen molar-refractivity contribution < 1.29 is 9.53 Å². The van der Waals surface area contributed by atoms with Gasteiger partial charge in [0.1, 0.15) is 5.75 Å². The van der Waals surface area contributed by atoms with E-state index in [4.69, 9.17) is 4.74 Å². The van der Waals surface area contributed by atoms with E-state index in [0.717, 1.165) is 37.2 Å². The second kappa shape index (κ2) is 7.36. The van der Waals surface area contributed by atoms with E-state index in [1.54, 1.807) is 7.11 Å². The summed E-state index contributed by atoms with van der Waals surface area (Å²) in [5.74, 6) is 0.862. The zero-order chi connectivity index (χ0) is 13.0. The van der Waals surface area contributed by atoms with Crippen LogP contribution in [-0.4, -0.2) is 44.1 Å². The highest BCUT2D eigenvalue weighted by Gasteiger charge is 2.22. The maximum Gasteiger partial charge on any atom is 0.253 e. The fraction of sp³-hybridized carbons (Fsp3) is 0.500. The summed E-state index contributed by atoms with van der Waals surface area (Å²) in [5.41, 5.74) is 0.719. The number of methoxy groups -OCH3 is 1. The van der Waals surface area contributed by atoms with Gasteiger partial charge in [0, 0.05) is 18.7 Å². The van der Waals surface area contributed by atoms with E-state index in [9.17, 15) is 4.79 Å². The number of hydrogen-bond acceptors (Lipinski definition) is 3. The van der Waals surface area contributed by atoms with Gasteiger partial charge in [0.05, 0.1) is 7.11 Å². The van der Waals surface area contributed by atoms with Crippen molar-refractivity contribution in [2.24, 2.45) is 0 Å². The SMILES string of the molecule is COc1ccc(C(=O)N(C)C2CCNCC2)cc1.Cl. The molecule has 0 atom stereocenters. The first-order chi connectivity index (χ1) is 8.72. The van der Waals surface area contributed by atoms with Crippen LogP contribution in [0.25, 0.3) is 0 Å². The third kappa shape index (κ3) is 3.85. The smallest absolute Gasteiger partial charge is 0.253 e. The lowest BCUT2D eigenvalue weighted by Crippen LogP contribution is -2.43. The van der Waals surface area contributed by atoms with Crippen LogP contribution in [0.2, 0.25) is 0 Å². The molecule has 1 aliphatic rings. The number of ether oxygens (including phenoxy) is 1. The molecule has 0 spiro atoms. The Morgan fingerprint density at radius 1 is 1.26 bits per heavy atom. The van der Waals surface area contributed by atoms with Gasteiger partial charge in [-0.05, 0) is 50.2 Å². The van der Waals surface area contributed by atoms with Gasteiger partial charge in [-0.25, -0.2) is 0 Å². The van der Waals surface area contributed by atoms with Crippen LogP contribution in [0.3, 0.4) is 0 Å². The lowest BCUT2D eigenvalue weighted by Gasteiger charge is -2.31. The Morgan fingerprint density at radius 2 is 1.84 bits per heavy atom. The third-order valence-corrected chi connectivity index (χ3v) is 3.51. The van der Waals surface area contributed by atoms with Crippen LogP contribution in [0.1, 0.15) is 23.2 Å². The number of nitrogens with one attached hydrogen (secondary N) is 1. The van der Waals surface area contributed by atoms with Crippen molar-refractivity contribution >= 4 is 18.3 Å². The van der Waals surface area contributed by atoms with Crippen LogP contribution < -0.4 is 10.1 Å². The van der Waals surface area contributed by atoms with Crippen molar-refractivity contribution in [2.75, 3.05) is 27.2 Å². The maximum absolute atomic E-state index is 12.3. The Labute approximate surface area is 120 Å². The highest BCUT2D eigenvalue weighted by atomic mass is 35.5. The summed E-state index contributed by atoms with van der Waals surface area (Å²) in [7, 11) is 3.51.